The Morgan fingerprint density at radius 2 is 2.33 bits per heavy atom. The number of ether oxygens (including phenoxy) is 1. The summed E-state index contributed by atoms with van der Waals surface area (Å²) in [7, 11) is 0. The molecule has 0 bridgehead atoms. The largest absolute Gasteiger partial charge is 0.480 e. The van der Waals surface area contributed by atoms with E-state index in [1.54, 1.807) is 11.1 Å². The van der Waals surface area contributed by atoms with Gasteiger partial charge < -0.3 is 14.7 Å². The highest BCUT2D eigenvalue weighted by molar-refractivity contribution is 5.78. The van der Waals surface area contributed by atoms with E-state index in [-0.39, 0.29) is 6.10 Å². The number of hydrogen-bond acceptors (Lipinski definition) is 5. The Morgan fingerprint density at radius 1 is 1.56 bits per heavy atom. The molecule has 0 saturated carbocycles. The van der Waals surface area contributed by atoms with Crippen LogP contribution in [-0.2, 0) is 4.79 Å². The number of hydrogen-bond donors (Lipinski definition) is 1. The Kier molecular flexibility index (Phi) is 3.64. The number of carboxylic acid groups (broad SMARTS) is 1. The van der Waals surface area contributed by atoms with Gasteiger partial charge in [-0.15, -0.1) is 0 Å². The Labute approximate surface area is 106 Å². The molecule has 0 spiro atoms. The Hall–Kier alpha value is -1.85. The van der Waals surface area contributed by atoms with E-state index >= 15 is 0 Å². The summed E-state index contributed by atoms with van der Waals surface area (Å²) in [5.41, 5.74) is 0. The van der Waals surface area contributed by atoms with Crippen molar-refractivity contribution in [1.29, 1.82) is 0 Å². The summed E-state index contributed by atoms with van der Waals surface area (Å²) in [4.78, 5) is 21.3. The molecule has 1 fully saturated rings. The molecule has 2 heterocycles. The quantitative estimate of drug-likeness (QED) is 0.869. The maximum atomic E-state index is 11.1. The zero-order chi connectivity index (χ0) is 13.1. The van der Waals surface area contributed by atoms with Crippen molar-refractivity contribution in [2.24, 2.45) is 0 Å². The average molecular weight is 251 g/mol. The van der Waals surface area contributed by atoms with Crippen LogP contribution in [0.2, 0.25) is 0 Å². The van der Waals surface area contributed by atoms with Crippen molar-refractivity contribution >= 4 is 11.8 Å². The van der Waals surface area contributed by atoms with E-state index in [1.165, 1.54) is 6.20 Å². The molecule has 0 aliphatic carbocycles. The lowest BCUT2D eigenvalue weighted by Crippen LogP contribution is -2.36. The number of anilines is 1. The molecule has 0 aromatic carbocycles. The van der Waals surface area contributed by atoms with E-state index in [0.29, 0.717) is 24.7 Å². The Bertz CT molecular complexity index is 436. The molecule has 2 rings (SSSR count). The molecule has 1 aromatic heterocycles. The topological polar surface area (TPSA) is 75.5 Å². The fourth-order valence-electron chi connectivity index (χ4n) is 2.07. The van der Waals surface area contributed by atoms with Crippen molar-refractivity contribution in [1.82, 2.24) is 9.97 Å². The number of aliphatic carboxylic acids is 1. The van der Waals surface area contributed by atoms with Crippen LogP contribution in [0.25, 0.3) is 0 Å². The lowest BCUT2D eigenvalue weighted by Gasteiger charge is -2.22. The molecule has 1 aromatic rings. The molecule has 6 heteroatoms. The molecule has 1 N–H and O–H groups in total. The lowest BCUT2D eigenvalue weighted by molar-refractivity contribution is -0.138. The van der Waals surface area contributed by atoms with E-state index in [2.05, 4.69) is 9.97 Å². The second-order valence-electron chi connectivity index (χ2n) is 4.57. The van der Waals surface area contributed by atoms with E-state index < -0.39 is 12.0 Å². The van der Waals surface area contributed by atoms with Crippen molar-refractivity contribution in [3.8, 4) is 5.88 Å². The van der Waals surface area contributed by atoms with Crippen LogP contribution in [0.3, 0.4) is 0 Å². The van der Waals surface area contributed by atoms with Gasteiger partial charge in [0.15, 0.2) is 5.82 Å². The monoisotopic (exact) mass is 251 g/mol. The lowest BCUT2D eigenvalue weighted by atomic mass is 10.2. The molecule has 1 aliphatic heterocycles. The zero-order valence-corrected chi connectivity index (χ0v) is 10.5. The normalized spacial score (nSPS) is 19.3. The Morgan fingerprint density at radius 3 is 3.00 bits per heavy atom. The van der Waals surface area contributed by atoms with Crippen molar-refractivity contribution in [2.45, 2.75) is 38.8 Å². The second kappa shape index (κ2) is 5.20. The summed E-state index contributed by atoms with van der Waals surface area (Å²) >= 11 is 0. The van der Waals surface area contributed by atoms with Gasteiger partial charge in [-0.2, -0.15) is 4.98 Å². The van der Waals surface area contributed by atoms with Gasteiger partial charge in [0, 0.05) is 6.54 Å². The number of rotatable bonds is 4. The average Bonchev–Trinajstić information content (AvgIpc) is 2.77. The Balaban J connectivity index is 2.19. The fourth-order valence-corrected chi connectivity index (χ4v) is 2.07. The van der Waals surface area contributed by atoms with E-state index in [4.69, 9.17) is 9.84 Å². The van der Waals surface area contributed by atoms with E-state index in [1.807, 2.05) is 13.8 Å². The van der Waals surface area contributed by atoms with Gasteiger partial charge in [0.25, 0.3) is 0 Å². The van der Waals surface area contributed by atoms with Crippen LogP contribution < -0.4 is 9.64 Å². The van der Waals surface area contributed by atoms with Crippen LogP contribution in [0.1, 0.15) is 26.7 Å². The van der Waals surface area contributed by atoms with Crippen LogP contribution >= 0.6 is 0 Å². The summed E-state index contributed by atoms with van der Waals surface area (Å²) in [5.74, 6) is 0.182. The van der Waals surface area contributed by atoms with Crippen molar-refractivity contribution < 1.29 is 14.6 Å². The standard InChI is InChI=1S/C12H17N3O3/c1-8(2)18-11-7-13-6-10(14-11)15-5-3-4-9(15)12(16)17/h6-9H,3-5H2,1-2H3,(H,16,17). The van der Waals surface area contributed by atoms with Gasteiger partial charge in [-0.05, 0) is 26.7 Å². The van der Waals surface area contributed by atoms with Gasteiger partial charge >= 0.3 is 5.97 Å². The van der Waals surface area contributed by atoms with E-state index in [9.17, 15) is 4.79 Å². The first-order valence-electron chi connectivity index (χ1n) is 6.06. The first kappa shape index (κ1) is 12.6. The molecular weight excluding hydrogens is 234 g/mol. The smallest absolute Gasteiger partial charge is 0.326 e. The second-order valence-corrected chi connectivity index (χ2v) is 4.57. The van der Waals surface area contributed by atoms with Crippen molar-refractivity contribution in [3.63, 3.8) is 0 Å². The van der Waals surface area contributed by atoms with Gasteiger partial charge in [-0.1, -0.05) is 0 Å². The maximum Gasteiger partial charge on any atom is 0.326 e. The first-order chi connectivity index (χ1) is 8.58. The summed E-state index contributed by atoms with van der Waals surface area (Å²) < 4.78 is 5.46. The van der Waals surface area contributed by atoms with Gasteiger partial charge in [0.05, 0.1) is 18.5 Å². The van der Waals surface area contributed by atoms with Gasteiger partial charge in [0.2, 0.25) is 5.88 Å². The SMILES string of the molecule is CC(C)Oc1cncc(N2CCCC2C(=O)O)n1. The molecule has 0 radical (unpaired) electrons. The third kappa shape index (κ3) is 2.69. The first-order valence-corrected chi connectivity index (χ1v) is 6.06. The number of carboxylic acids is 1. The van der Waals surface area contributed by atoms with Gasteiger partial charge in [-0.3, -0.25) is 4.98 Å². The molecule has 98 valence electrons. The summed E-state index contributed by atoms with van der Waals surface area (Å²) in [6.07, 6.45) is 4.63. The summed E-state index contributed by atoms with van der Waals surface area (Å²) in [5, 5.41) is 9.14. The summed E-state index contributed by atoms with van der Waals surface area (Å²) in [6.45, 7) is 4.51. The van der Waals surface area contributed by atoms with Crippen LogP contribution in [0.5, 0.6) is 5.88 Å². The van der Waals surface area contributed by atoms with Crippen molar-refractivity contribution in [3.05, 3.63) is 12.4 Å². The number of nitrogens with zero attached hydrogens (tertiary/aromatic N) is 3. The molecule has 1 unspecified atom stereocenters. The van der Waals surface area contributed by atoms with Crippen LogP contribution in [-0.4, -0.2) is 39.7 Å². The van der Waals surface area contributed by atoms with Gasteiger partial charge in [0.1, 0.15) is 6.04 Å². The third-order valence-corrected chi connectivity index (χ3v) is 2.79. The van der Waals surface area contributed by atoms with Gasteiger partial charge in [-0.25, -0.2) is 4.79 Å². The minimum Gasteiger partial charge on any atom is -0.480 e. The van der Waals surface area contributed by atoms with Crippen LogP contribution in [0, 0.1) is 0 Å². The number of aromatic nitrogens is 2. The molecule has 1 atom stereocenters. The predicted octanol–water partition coefficient (Wildman–Crippen LogP) is 1.32. The number of carbonyl (C=O) groups is 1. The van der Waals surface area contributed by atoms with Crippen molar-refractivity contribution in [2.75, 3.05) is 11.4 Å². The molecule has 1 aliphatic rings. The predicted molar refractivity (Wildman–Crippen MR) is 65.8 cm³/mol. The minimum atomic E-state index is -0.815. The highest BCUT2D eigenvalue weighted by Crippen LogP contribution is 2.24. The van der Waals surface area contributed by atoms with Crippen LogP contribution in [0.4, 0.5) is 5.82 Å². The molecule has 18 heavy (non-hydrogen) atoms. The summed E-state index contributed by atoms with van der Waals surface area (Å²) in [6, 6.07) is -0.506. The maximum absolute atomic E-state index is 11.1. The highest BCUT2D eigenvalue weighted by atomic mass is 16.5. The highest BCUT2D eigenvalue weighted by Gasteiger charge is 2.31. The molecule has 6 nitrogen and oxygen atoms in total. The molecular formula is C12H17N3O3. The van der Waals surface area contributed by atoms with E-state index in [0.717, 1.165) is 6.42 Å². The third-order valence-electron chi connectivity index (χ3n) is 2.79. The van der Waals surface area contributed by atoms with Crippen LogP contribution in [0.15, 0.2) is 12.4 Å². The molecule has 1 saturated heterocycles. The minimum absolute atomic E-state index is 0.0170. The molecule has 0 amide bonds. The zero-order valence-electron chi connectivity index (χ0n) is 10.5. The fraction of sp³-hybridized carbons (Fsp3) is 0.583.